The van der Waals surface area contributed by atoms with Gasteiger partial charge >= 0.3 is 0 Å². The molecule has 0 rings (SSSR count). The van der Waals surface area contributed by atoms with E-state index in [1.165, 1.54) is 19.3 Å². The minimum Gasteiger partial charge on any atom is -0.483 e. The summed E-state index contributed by atoms with van der Waals surface area (Å²) in [6.07, 6.45) is 2.93. The molecule has 4 N–H and O–H groups in total. The summed E-state index contributed by atoms with van der Waals surface area (Å²) in [6.45, 7) is 3.43. The first-order chi connectivity index (χ1) is 5.06. The molecular weight excluding hydrogens is 164 g/mol. The average molecular weight is 175 g/mol. The van der Waals surface area contributed by atoms with E-state index in [-0.39, 0.29) is 5.88 Å². The van der Waals surface area contributed by atoms with Gasteiger partial charge in [0.2, 0.25) is 0 Å². The van der Waals surface area contributed by atoms with E-state index in [9.17, 15) is 0 Å². The standard InChI is InChI=1S/C7H11ClN2O/c1-5(8)3-6(9)4-7(10)11-2/h3-4H,1,9-10H2,2H3/b6-3+,7-4+. The molecule has 0 aromatic heterocycles. The molecule has 11 heavy (non-hydrogen) atoms. The molecule has 0 aliphatic rings. The zero-order chi connectivity index (χ0) is 8.85. The fourth-order valence-corrected chi connectivity index (χ4v) is 0.572. The fourth-order valence-electron chi connectivity index (χ4n) is 0.446. The van der Waals surface area contributed by atoms with Crippen LogP contribution in [0.2, 0.25) is 0 Å². The highest BCUT2D eigenvalue weighted by molar-refractivity contribution is 6.30. The molecule has 62 valence electrons. The van der Waals surface area contributed by atoms with Gasteiger partial charge in [0.1, 0.15) is 0 Å². The van der Waals surface area contributed by atoms with Gasteiger partial charge in [0.05, 0.1) is 7.11 Å². The van der Waals surface area contributed by atoms with E-state index >= 15 is 0 Å². The van der Waals surface area contributed by atoms with Crippen LogP contribution in [-0.2, 0) is 4.74 Å². The maximum Gasteiger partial charge on any atom is 0.185 e. The second kappa shape index (κ2) is 4.68. The van der Waals surface area contributed by atoms with E-state index in [0.717, 1.165) is 0 Å². The van der Waals surface area contributed by atoms with Crippen LogP contribution < -0.4 is 11.5 Å². The van der Waals surface area contributed by atoms with Crippen molar-refractivity contribution in [2.24, 2.45) is 11.5 Å². The van der Waals surface area contributed by atoms with Crippen LogP contribution >= 0.6 is 11.6 Å². The number of methoxy groups -OCH3 is 1. The minimum atomic E-state index is 0.233. The number of rotatable bonds is 3. The molecule has 3 nitrogen and oxygen atoms in total. The van der Waals surface area contributed by atoms with Crippen molar-refractivity contribution in [1.82, 2.24) is 0 Å². The molecule has 0 aliphatic carbocycles. The van der Waals surface area contributed by atoms with Gasteiger partial charge in [-0.05, 0) is 6.08 Å². The van der Waals surface area contributed by atoms with E-state index in [2.05, 4.69) is 11.3 Å². The summed E-state index contributed by atoms with van der Waals surface area (Å²) >= 11 is 5.44. The maximum atomic E-state index is 5.44. The van der Waals surface area contributed by atoms with Crippen LogP contribution in [0.4, 0.5) is 0 Å². The van der Waals surface area contributed by atoms with Gasteiger partial charge in [-0.1, -0.05) is 18.2 Å². The average Bonchev–Trinajstić information content (AvgIpc) is 1.85. The monoisotopic (exact) mass is 174 g/mol. The molecule has 4 heteroatoms. The molecule has 0 bridgehead atoms. The first-order valence-electron chi connectivity index (χ1n) is 2.89. The predicted molar refractivity (Wildman–Crippen MR) is 46.5 cm³/mol. The Hall–Kier alpha value is -1.09. The number of ether oxygens (including phenoxy) is 1. The van der Waals surface area contributed by atoms with Gasteiger partial charge in [0.25, 0.3) is 0 Å². The highest BCUT2D eigenvalue weighted by Gasteiger charge is 1.88. The molecule has 0 spiro atoms. The normalized spacial score (nSPS) is 12.9. The van der Waals surface area contributed by atoms with Crippen molar-refractivity contribution in [2.75, 3.05) is 7.11 Å². The quantitative estimate of drug-likeness (QED) is 0.496. The van der Waals surface area contributed by atoms with E-state index in [1.54, 1.807) is 0 Å². The van der Waals surface area contributed by atoms with Crippen LogP contribution in [0.15, 0.2) is 35.3 Å². The van der Waals surface area contributed by atoms with Crippen molar-refractivity contribution in [3.8, 4) is 0 Å². The lowest BCUT2D eigenvalue weighted by molar-refractivity contribution is 0.287. The molecule has 0 aliphatic heterocycles. The second-order valence-corrected chi connectivity index (χ2v) is 2.33. The van der Waals surface area contributed by atoms with Crippen molar-refractivity contribution in [3.63, 3.8) is 0 Å². The third kappa shape index (κ3) is 5.36. The van der Waals surface area contributed by atoms with Gasteiger partial charge < -0.3 is 16.2 Å². The third-order valence-electron chi connectivity index (χ3n) is 0.868. The van der Waals surface area contributed by atoms with Crippen molar-refractivity contribution >= 4 is 11.6 Å². The summed E-state index contributed by atoms with van der Waals surface area (Å²) in [5.41, 5.74) is 11.1. The minimum absolute atomic E-state index is 0.233. The molecule has 0 aromatic carbocycles. The van der Waals surface area contributed by atoms with Crippen LogP contribution in [0.5, 0.6) is 0 Å². The highest BCUT2D eigenvalue weighted by atomic mass is 35.5. The number of allylic oxidation sites excluding steroid dienone is 3. The summed E-state index contributed by atoms with van der Waals surface area (Å²) in [4.78, 5) is 0. The Bertz CT molecular complexity index is 208. The zero-order valence-corrected chi connectivity index (χ0v) is 7.06. The van der Waals surface area contributed by atoms with Crippen LogP contribution in [0.3, 0.4) is 0 Å². The third-order valence-corrected chi connectivity index (χ3v) is 0.977. The number of hydrogen-bond donors (Lipinski definition) is 2. The Morgan fingerprint density at radius 3 is 2.36 bits per heavy atom. The molecule has 0 saturated carbocycles. The summed E-state index contributed by atoms with van der Waals surface area (Å²) < 4.78 is 4.65. The lowest BCUT2D eigenvalue weighted by Gasteiger charge is -1.97. The van der Waals surface area contributed by atoms with Gasteiger partial charge in [-0.2, -0.15) is 0 Å². The lowest BCUT2D eigenvalue weighted by Crippen LogP contribution is -2.03. The smallest absolute Gasteiger partial charge is 0.185 e. The van der Waals surface area contributed by atoms with Gasteiger partial charge in [-0.25, -0.2) is 0 Å². The Morgan fingerprint density at radius 2 is 2.00 bits per heavy atom. The zero-order valence-electron chi connectivity index (χ0n) is 6.30. The fraction of sp³-hybridized carbons (Fsp3) is 0.143. The second-order valence-electron chi connectivity index (χ2n) is 1.84. The summed E-state index contributed by atoms with van der Waals surface area (Å²) in [5.74, 6) is 0.233. The highest BCUT2D eigenvalue weighted by Crippen LogP contribution is 2.02. The molecule has 0 radical (unpaired) electrons. The maximum absolute atomic E-state index is 5.44. The largest absolute Gasteiger partial charge is 0.483 e. The van der Waals surface area contributed by atoms with Crippen molar-refractivity contribution in [2.45, 2.75) is 0 Å². The molecular formula is C7H11ClN2O. The topological polar surface area (TPSA) is 61.3 Å². The van der Waals surface area contributed by atoms with Gasteiger partial charge in [0.15, 0.2) is 5.88 Å². The van der Waals surface area contributed by atoms with Gasteiger partial charge in [-0.3, -0.25) is 0 Å². The predicted octanol–water partition coefficient (Wildman–Crippen LogP) is 1.03. The summed E-state index contributed by atoms with van der Waals surface area (Å²) in [7, 11) is 1.45. The molecule has 0 heterocycles. The van der Waals surface area contributed by atoms with Crippen LogP contribution in [0.1, 0.15) is 0 Å². The van der Waals surface area contributed by atoms with E-state index in [0.29, 0.717) is 10.7 Å². The summed E-state index contributed by atoms with van der Waals surface area (Å²) in [6, 6.07) is 0. The number of halogens is 1. The Balaban J connectivity index is 4.26. The molecule has 0 atom stereocenters. The van der Waals surface area contributed by atoms with E-state index < -0.39 is 0 Å². The molecule has 0 fully saturated rings. The van der Waals surface area contributed by atoms with Crippen LogP contribution in [0, 0.1) is 0 Å². The Kier molecular flexibility index (Phi) is 4.22. The molecule has 0 amide bonds. The SMILES string of the molecule is C=C(Cl)/C=C(N)\C=C(/N)OC. The van der Waals surface area contributed by atoms with Crippen molar-refractivity contribution in [1.29, 1.82) is 0 Å². The van der Waals surface area contributed by atoms with Gasteiger partial charge in [-0.15, -0.1) is 0 Å². The lowest BCUT2D eigenvalue weighted by atomic mass is 10.4. The number of hydrogen-bond acceptors (Lipinski definition) is 3. The molecule has 0 unspecified atom stereocenters. The number of nitrogens with two attached hydrogens (primary N) is 2. The molecule has 0 saturated heterocycles. The Morgan fingerprint density at radius 1 is 1.45 bits per heavy atom. The van der Waals surface area contributed by atoms with Crippen LogP contribution in [-0.4, -0.2) is 7.11 Å². The molecule has 0 aromatic rings. The first kappa shape index (κ1) is 9.91. The van der Waals surface area contributed by atoms with Crippen molar-refractivity contribution in [3.05, 3.63) is 35.3 Å². The van der Waals surface area contributed by atoms with Gasteiger partial charge in [0, 0.05) is 16.8 Å². The van der Waals surface area contributed by atoms with Crippen LogP contribution in [0.25, 0.3) is 0 Å². The van der Waals surface area contributed by atoms with E-state index in [1.807, 2.05) is 0 Å². The first-order valence-corrected chi connectivity index (χ1v) is 3.26. The van der Waals surface area contributed by atoms with E-state index in [4.69, 9.17) is 23.1 Å². The van der Waals surface area contributed by atoms with Crippen molar-refractivity contribution < 1.29 is 4.74 Å². The Labute approximate surface area is 71.0 Å². The summed E-state index contributed by atoms with van der Waals surface area (Å²) in [5, 5.41) is 0.350.